The number of hydrogen-bond donors (Lipinski definition) is 1. The van der Waals surface area contributed by atoms with Crippen molar-refractivity contribution in [1.82, 2.24) is 29.1 Å². The molecule has 9 heteroatoms. The predicted octanol–water partition coefficient (Wildman–Crippen LogP) is 5.38. The molecule has 6 rings (SSSR count). The first-order chi connectivity index (χ1) is 21.3. The van der Waals surface area contributed by atoms with Gasteiger partial charge >= 0.3 is 0 Å². The Morgan fingerprint density at radius 3 is 2.43 bits per heavy atom. The van der Waals surface area contributed by atoms with Crippen LogP contribution in [0.15, 0.2) is 98.2 Å². The van der Waals surface area contributed by atoms with Crippen LogP contribution < -0.4 is 0 Å². The highest BCUT2D eigenvalue weighted by Crippen LogP contribution is 2.33. The van der Waals surface area contributed by atoms with Crippen LogP contribution in [-0.4, -0.2) is 66.5 Å². The Hall–Kier alpha value is -4.18. The highest BCUT2D eigenvalue weighted by molar-refractivity contribution is 5.84. The lowest BCUT2D eigenvalue weighted by molar-refractivity contribution is -0.0743. The summed E-state index contributed by atoms with van der Waals surface area (Å²) in [5, 5.41) is 17.4. The molecule has 0 unspecified atom stereocenters. The first-order valence-electron chi connectivity index (χ1n) is 15.1. The van der Waals surface area contributed by atoms with Gasteiger partial charge in [-0.2, -0.15) is 5.10 Å². The summed E-state index contributed by atoms with van der Waals surface area (Å²) in [5.74, 6) is -1.46. The van der Waals surface area contributed by atoms with Crippen molar-refractivity contribution in [3.05, 3.63) is 132 Å². The van der Waals surface area contributed by atoms with Crippen LogP contribution in [0.5, 0.6) is 0 Å². The molecule has 0 saturated carbocycles. The van der Waals surface area contributed by atoms with Crippen molar-refractivity contribution >= 4 is 10.9 Å². The summed E-state index contributed by atoms with van der Waals surface area (Å²) in [6, 6.07) is 20.1. The van der Waals surface area contributed by atoms with Gasteiger partial charge in [0, 0.05) is 74.0 Å². The molecule has 3 heterocycles. The van der Waals surface area contributed by atoms with Gasteiger partial charge in [-0.05, 0) is 42.2 Å². The number of benzene rings is 3. The third-order valence-corrected chi connectivity index (χ3v) is 8.93. The fourth-order valence-corrected chi connectivity index (χ4v) is 6.42. The molecule has 2 atom stereocenters. The van der Waals surface area contributed by atoms with Gasteiger partial charge in [-0.3, -0.25) is 9.80 Å². The minimum atomic E-state index is -1.65. The minimum absolute atomic E-state index is 0.00653. The summed E-state index contributed by atoms with van der Waals surface area (Å²) < 4.78 is 32.6. The molecule has 0 spiro atoms. The molecule has 0 amide bonds. The van der Waals surface area contributed by atoms with Gasteiger partial charge in [0.25, 0.3) is 0 Å². The third-order valence-electron chi connectivity index (χ3n) is 8.93. The Morgan fingerprint density at radius 2 is 1.73 bits per heavy atom. The van der Waals surface area contributed by atoms with E-state index in [4.69, 9.17) is 0 Å². The molecule has 1 aliphatic heterocycles. The number of para-hydroxylation sites is 1. The fourth-order valence-electron chi connectivity index (χ4n) is 6.42. The van der Waals surface area contributed by atoms with E-state index in [9.17, 15) is 9.50 Å². The first kappa shape index (κ1) is 29.9. The number of hydrogen-bond acceptors (Lipinski definition) is 5. The van der Waals surface area contributed by atoms with Crippen LogP contribution >= 0.6 is 0 Å². The van der Waals surface area contributed by atoms with Crippen molar-refractivity contribution in [3.8, 4) is 0 Å². The quantitative estimate of drug-likeness (QED) is 0.208. The normalized spacial score (nSPS) is 16.6. The second-order valence-corrected chi connectivity index (χ2v) is 11.7. The summed E-state index contributed by atoms with van der Waals surface area (Å²) in [6.45, 7) is 10.3. The molecule has 1 N–H and O–H groups in total. The van der Waals surface area contributed by atoms with E-state index in [1.54, 1.807) is 0 Å². The molecule has 0 radical (unpaired) electrons. The highest BCUT2D eigenvalue weighted by Gasteiger charge is 2.42. The van der Waals surface area contributed by atoms with E-state index in [0.717, 1.165) is 38.7 Å². The zero-order chi connectivity index (χ0) is 30.7. The van der Waals surface area contributed by atoms with Crippen LogP contribution in [0.1, 0.15) is 29.2 Å². The molecule has 2 aromatic heterocycles. The maximum atomic E-state index is 15.0. The van der Waals surface area contributed by atoms with Gasteiger partial charge in [0.05, 0.1) is 6.54 Å². The number of aliphatic hydroxyl groups is 1. The van der Waals surface area contributed by atoms with Crippen molar-refractivity contribution in [2.45, 2.75) is 44.6 Å². The number of aromatic nitrogens is 4. The molecular formula is C35H38F2N6O. The molecule has 5 aromatic rings. The summed E-state index contributed by atoms with van der Waals surface area (Å²) in [7, 11) is 0. The Kier molecular flexibility index (Phi) is 8.70. The molecule has 44 heavy (non-hydrogen) atoms. The Balaban J connectivity index is 1.16. The van der Waals surface area contributed by atoms with Gasteiger partial charge in [0.1, 0.15) is 29.9 Å². The first-order valence-corrected chi connectivity index (χ1v) is 15.1. The summed E-state index contributed by atoms with van der Waals surface area (Å²) in [6.07, 6.45) is 7.93. The van der Waals surface area contributed by atoms with Crippen LogP contribution in [0.4, 0.5) is 8.78 Å². The fraction of sp³-hybridized carbons (Fsp3) is 0.314. The van der Waals surface area contributed by atoms with E-state index >= 15 is 4.39 Å². The van der Waals surface area contributed by atoms with Gasteiger partial charge in [-0.25, -0.2) is 18.4 Å². The zero-order valence-corrected chi connectivity index (χ0v) is 25.0. The zero-order valence-electron chi connectivity index (χ0n) is 25.0. The molecule has 7 nitrogen and oxygen atoms in total. The average molecular weight is 597 g/mol. The van der Waals surface area contributed by atoms with E-state index in [1.165, 1.54) is 57.1 Å². The number of piperazine rings is 1. The van der Waals surface area contributed by atoms with Crippen LogP contribution in [0.25, 0.3) is 10.9 Å². The molecule has 0 aliphatic carbocycles. The van der Waals surface area contributed by atoms with Gasteiger partial charge in [0.15, 0.2) is 0 Å². The lowest BCUT2D eigenvalue weighted by atomic mass is 9.85. The largest absolute Gasteiger partial charge is 0.381 e. The van der Waals surface area contributed by atoms with Gasteiger partial charge in [-0.15, -0.1) is 6.58 Å². The van der Waals surface area contributed by atoms with Crippen LogP contribution in [0.2, 0.25) is 0 Å². The van der Waals surface area contributed by atoms with Gasteiger partial charge in [-0.1, -0.05) is 54.6 Å². The second-order valence-electron chi connectivity index (χ2n) is 11.7. The van der Waals surface area contributed by atoms with Crippen molar-refractivity contribution in [2.24, 2.45) is 0 Å². The van der Waals surface area contributed by atoms with E-state index in [-0.39, 0.29) is 12.1 Å². The molecule has 3 aromatic carbocycles. The molecular weight excluding hydrogens is 558 g/mol. The number of allylic oxidation sites excluding steroid dienone is 1. The van der Waals surface area contributed by atoms with E-state index < -0.39 is 23.3 Å². The van der Waals surface area contributed by atoms with Crippen molar-refractivity contribution in [1.29, 1.82) is 0 Å². The summed E-state index contributed by atoms with van der Waals surface area (Å²) >= 11 is 0. The maximum Gasteiger partial charge on any atom is 0.137 e. The Bertz CT molecular complexity index is 1710. The number of rotatable bonds is 11. The smallest absolute Gasteiger partial charge is 0.137 e. The van der Waals surface area contributed by atoms with Gasteiger partial charge < -0.3 is 9.67 Å². The average Bonchev–Trinajstić information content (AvgIpc) is 3.66. The lowest BCUT2D eigenvalue weighted by Gasteiger charge is -2.45. The SMILES string of the molecule is C=CCc1ccc(Cn2cc(CN3CCN([C@H](C)[C@](O)(Cn4cncn4)c4ccc(F)cc4F)CC3)c3ccccc32)cc1. The second kappa shape index (κ2) is 12.8. The summed E-state index contributed by atoms with van der Waals surface area (Å²) in [4.78, 5) is 8.58. The molecule has 228 valence electrons. The third kappa shape index (κ3) is 6.22. The molecule has 0 bridgehead atoms. The Labute approximate surface area is 256 Å². The van der Waals surface area contributed by atoms with E-state index in [2.05, 4.69) is 85.8 Å². The molecule has 1 saturated heterocycles. The van der Waals surface area contributed by atoms with Crippen molar-refractivity contribution < 1.29 is 13.9 Å². The van der Waals surface area contributed by atoms with Crippen LogP contribution in [0.3, 0.4) is 0 Å². The maximum absolute atomic E-state index is 15.0. The molecule has 1 fully saturated rings. The van der Waals surface area contributed by atoms with Crippen LogP contribution in [0, 0.1) is 11.6 Å². The van der Waals surface area contributed by atoms with Crippen molar-refractivity contribution in [2.75, 3.05) is 26.2 Å². The van der Waals surface area contributed by atoms with E-state index in [0.29, 0.717) is 13.1 Å². The topological polar surface area (TPSA) is 62.4 Å². The van der Waals surface area contributed by atoms with Crippen LogP contribution in [-0.2, 0) is 31.7 Å². The van der Waals surface area contributed by atoms with Crippen molar-refractivity contribution in [3.63, 3.8) is 0 Å². The summed E-state index contributed by atoms with van der Waals surface area (Å²) in [5.41, 5.74) is 3.40. The standard InChI is InChI=1S/C35H38F2N6O/c1-3-6-27-9-11-28(12-10-27)20-42-22-29(31-7-4-5-8-34(31)42)21-40-15-17-41(18-16-40)26(2)35(44,23-43-25-38-24-39-43)32-14-13-30(36)19-33(32)37/h3-5,7-14,19,22,24-26,44H,1,6,15-18,20-21,23H2,2H3/t26-,35-/m1/s1. The number of halogens is 2. The highest BCUT2D eigenvalue weighted by atomic mass is 19.1. The minimum Gasteiger partial charge on any atom is -0.381 e. The number of fused-ring (bicyclic) bond motifs is 1. The molecule has 1 aliphatic rings. The monoisotopic (exact) mass is 596 g/mol. The van der Waals surface area contributed by atoms with Gasteiger partial charge in [0.2, 0.25) is 0 Å². The number of nitrogens with zero attached hydrogens (tertiary/aromatic N) is 6. The predicted molar refractivity (Wildman–Crippen MR) is 168 cm³/mol. The lowest BCUT2D eigenvalue weighted by Crippen LogP contribution is -2.57. The van der Waals surface area contributed by atoms with E-state index in [1.807, 2.05) is 13.0 Å². The Morgan fingerprint density at radius 1 is 0.977 bits per heavy atom.